The largest absolute Gasteiger partial charge is 0.494 e. The molecule has 0 unspecified atom stereocenters. The standard InChI is InChI=1S/C12H17ClFNO3/c1-16-11-4-8(9(13)5-10(11)14)6-15-7-12(17-2)18-3/h4-5,12,15H,6-7H2,1-3H3. The molecule has 102 valence electrons. The average molecular weight is 278 g/mol. The first-order valence-electron chi connectivity index (χ1n) is 5.40. The van der Waals surface area contributed by atoms with Gasteiger partial charge in [-0.15, -0.1) is 0 Å². The van der Waals surface area contributed by atoms with E-state index in [1.54, 1.807) is 20.3 Å². The van der Waals surface area contributed by atoms with E-state index in [1.807, 2.05) is 0 Å². The molecule has 1 rings (SSSR count). The lowest BCUT2D eigenvalue weighted by Gasteiger charge is -2.15. The quantitative estimate of drug-likeness (QED) is 0.776. The van der Waals surface area contributed by atoms with Crippen molar-refractivity contribution in [3.8, 4) is 5.75 Å². The monoisotopic (exact) mass is 277 g/mol. The first-order chi connectivity index (χ1) is 8.62. The molecule has 0 aliphatic carbocycles. The highest BCUT2D eigenvalue weighted by atomic mass is 35.5. The van der Waals surface area contributed by atoms with Crippen LogP contribution in [-0.4, -0.2) is 34.2 Å². The molecule has 1 aromatic rings. The van der Waals surface area contributed by atoms with Crippen molar-refractivity contribution in [2.75, 3.05) is 27.9 Å². The van der Waals surface area contributed by atoms with Crippen molar-refractivity contribution < 1.29 is 18.6 Å². The minimum absolute atomic E-state index is 0.172. The number of ether oxygens (including phenoxy) is 3. The summed E-state index contributed by atoms with van der Waals surface area (Å²) in [6, 6.07) is 2.81. The fourth-order valence-corrected chi connectivity index (χ4v) is 1.67. The van der Waals surface area contributed by atoms with Gasteiger partial charge in [-0.05, 0) is 17.7 Å². The van der Waals surface area contributed by atoms with Gasteiger partial charge in [-0.1, -0.05) is 11.6 Å². The Hall–Kier alpha value is -0.880. The zero-order valence-electron chi connectivity index (χ0n) is 10.6. The molecular weight excluding hydrogens is 261 g/mol. The Kier molecular flexibility index (Phi) is 6.35. The lowest BCUT2D eigenvalue weighted by Crippen LogP contribution is -2.29. The van der Waals surface area contributed by atoms with Crippen LogP contribution in [0.15, 0.2) is 12.1 Å². The van der Waals surface area contributed by atoms with E-state index >= 15 is 0 Å². The van der Waals surface area contributed by atoms with Gasteiger partial charge in [0.05, 0.1) is 7.11 Å². The number of benzene rings is 1. The number of rotatable bonds is 7. The Morgan fingerprint density at radius 2 is 1.94 bits per heavy atom. The summed E-state index contributed by atoms with van der Waals surface area (Å²) in [6.45, 7) is 0.974. The van der Waals surface area contributed by atoms with Crippen molar-refractivity contribution in [1.82, 2.24) is 5.32 Å². The summed E-state index contributed by atoms with van der Waals surface area (Å²) >= 11 is 5.94. The maximum atomic E-state index is 13.3. The van der Waals surface area contributed by atoms with Crippen LogP contribution in [0.5, 0.6) is 5.75 Å². The lowest BCUT2D eigenvalue weighted by atomic mass is 10.2. The van der Waals surface area contributed by atoms with Crippen LogP contribution in [0.1, 0.15) is 5.56 Å². The third kappa shape index (κ3) is 4.10. The minimum atomic E-state index is -0.474. The zero-order chi connectivity index (χ0) is 13.5. The second-order valence-electron chi connectivity index (χ2n) is 3.61. The number of hydrogen-bond acceptors (Lipinski definition) is 4. The molecule has 0 aromatic heterocycles. The summed E-state index contributed by atoms with van der Waals surface area (Å²) in [6.07, 6.45) is -0.328. The predicted octanol–water partition coefficient (Wildman–Crippen LogP) is 2.20. The molecular formula is C12H17ClFNO3. The third-order valence-corrected chi connectivity index (χ3v) is 2.82. The van der Waals surface area contributed by atoms with E-state index in [-0.39, 0.29) is 12.0 Å². The van der Waals surface area contributed by atoms with Gasteiger partial charge in [0.25, 0.3) is 0 Å². The highest BCUT2D eigenvalue weighted by molar-refractivity contribution is 6.31. The summed E-state index contributed by atoms with van der Waals surface area (Å²) in [7, 11) is 4.53. The van der Waals surface area contributed by atoms with E-state index in [0.717, 1.165) is 5.56 Å². The topological polar surface area (TPSA) is 39.7 Å². The molecule has 0 fully saturated rings. The maximum Gasteiger partial charge on any atom is 0.169 e. The molecule has 0 atom stereocenters. The second kappa shape index (κ2) is 7.53. The maximum absolute atomic E-state index is 13.3. The average Bonchev–Trinajstić information content (AvgIpc) is 2.37. The van der Waals surface area contributed by atoms with Crippen molar-refractivity contribution >= 4 is 11.6 Å². The third-order valence-electron chi connectivity index (χ3n) is 2.47. The highest BCUT2D eigenvalue weighted by Gasteiger charge is 2.10. The normalized spacial score (nSPS) is 11.0. The molecule has 0 radical (unpaired) electrons. The second-order valence-corrected chi connectivity index (χ2v) is 4.02. The highest BCUT2D eigenvalue weighted by Crippen LogP contribution is 2.25. The van der Waals surface area contributed by atoms with E-state index in [9.17, 15) is 4.39 Å². The van der Waals surface area contributed by atoms with E-state index in [2.05, 4.69) is 5.32 Å². The van der Waals surface area contributed by atoms with Crippen LogP contribution >= 0.6 is 11.6 Å². The van der Waals surface area contributed by atoms with Crippen molar-refractivity contribution in [3.05, 3.63) is 28.5 Å². The summed E-state index contributed by atoms with van der Waals surface area (Å²) in [5.74, 6) is -0.302. The Labute approximate surface area is 111 Å². The lowest BCUT2D eigenvalue weighted by molar-refractivity contribution is -0.0989. The number of halogens is 2. The van der Waals surface area contributed by atoms with Gasteiger partial charge in [0.2, 0.25) is 0 Å². The van der Waals surface area contributed by atoms with Gasteiger partial charge in [0.1, 0.15) is 0 Å². The molecule has 18 heavy (non-hydrogen) atoms. The van der Waals surface area contributed by atoms with Crippen LogP contribution in [0, 0.1) is 5.82 Å². The molecule has 1 aromatic carbocycles. The van der Waals surface area contributed by atoms with Crippen molar-refractivity contribution in [2.24, 2.45) is 0 Å². The molecule has 0 heterocycles. The van der Waals surface area contributed by atoms with Crippen LogP contribution in [-0.2, 0) is 16.0 Å². The van der Waals surface area contributed by atoms with Crippen LogP contribution in [0.3, 0.4) is 0 Å². The van der Waals surface area contributed by atoms with E-state index in [0.29, 0.717) is 18.1 Å². The van der Waals surface area contributed by atoms with E-state index in [4.69, 9.17) is 25.8 Å². The molecule has 0 spiro atoms. The molecule has 0 bridgehead atoms. The predicted molar refractivity (Wildman–Crippen MR) is 67.5 cm³/mol. The first-order valence-corrected chi connectivity index (χ1v) is 5.78. The molecule has 0 aliphatic rings. The smallest absolute Gasteiger partial charge is 0.169 e. The Bertz CT molecular complexity index is 386. The van der Waals surface area contributed by atoms with E-state index in [1.165, 1.54) is 13.2 Å². The van der Waals surface area contributed by atoms with Crippen molar-refractivity contribution in [2.45, 2.75) is 12.8 Å². The van der Waals surface area contributed by atoms with E-state index < -0.39 is 5.82 Å². The Morgan fingerprint density at radius 3 is 2.50 bits per heavy atom. The Balaban J connectivity index is 2.61. The molecule has 0 aliphatic heterocycles. The van der Waals surface area contributed by atoms with Gasteiger partial charge < -0.3 is 19.5 Å². The number of nitrogens with one attached hydrogen (secondary N) is 1. The SMILES string of the molecule is COc1cc(CNCC(OC)OC)c(Cl)cc1F. The van der Waals surface area contributed by atoms with Crippen molar-refractivity contribution in [3.63, 3.8) is 0 Å². The molecule has 0 amide bonds. The van der Waals surface area contributed by atoms with Crippen LogP contribution in [0.4, 0.5) is 4.39 Å². The summed E-state index contributed by atoms with van der Waals surface area (Å²) < 4.78 is 28.3. The Morgan fingerprint density at radius 1 is 1.28 bits per heavy atom. The van der Waals surface area contributed by atoms with Crippen LogP contribution in [0.25, 0.3) is 0 Å². The zero-order valence-corrected chi connectivity index (χ0v) is 11.4. The van der Waals surface area contributed by atoms with Gasteiger partial charge in [-0.25, -0.2) is 4.39 Å². The summed E-state index contributed by atoms with van der Waals surface area (Å²) in [5.41, 5.74) is 0.751. The number of hydrogen-bond donors (Lipinski definition) is 1. The summed E-state index contributed by atoms with van der Waals surface area (Å²) in [4.78, 5) is 0. The summed E-state index contributed by atoms with van der Waals surface area (Å²) in [5, 5.41) is 3.46. The molecule has 6 heteroatoms. The molecule has 0 saturated heterocycles. The molecule has 0 saturated carbocycles. The van der Waals surface area contributed by atoms with Crippen LogP contribution in [0.2, 0.25) is 5.02 Å². The van der Waals surface area contributed by atoms with Gasteiger partial charge in [0.15, 0.2) is 17.9 Å². The fourth-order valence-electron chi connectivity index (χ4n) is 1.45. The van der Waals surface area contributed by atoms with Gasteiger partial charge in [0, 0.05) is 32.3 Å². The molecule has 1 N–H and O–H groups in total. The van der Waals surface area contributed by atoms with Crippen LogP contribution < -0.4 is 10.1 Å². The number of methoxy groups -OCH3 is 3. The fraction of sp³-hybridized carbons (Fsp3) is 0.500. The van der Waals surface area contributed by atoms with Gasteiger partial charge in [-0.3, -0.25) is 0 Å². The van der Waals surface area contributed by atoms with Crippen molar-refractivity contribution in [1.29, 1.82) is 0 Å². The first kappa shape index (κ1) is 15.2. The van der Waals surface area contributed by atoms with Gasteiger partial charge in [-0.2, -0.15) is 0 Å². The minimum Gasteiger partial charge on any atom is -0.494 e. The van der Waals surface area contributed by atoms with Gasteiger partial charge >= 0.3 is 0 Å². The molecule has 4 nitrogen and oxygen atoms in total.